The molecular weight excluding hydrogens is 136 g/mol. The van der Waals surface area contributed by atoms with Crippen LogP contribution in [0.2, 0.25) is 0 Å². The number of aliphatic imine (C=N–C) groups is 1. The van der Waals surface area contributed by atoms with Gasteiger partial charge in [-0.25, -0.2) is 0 Å². The van der Waals surface area contributed by atoms with Crippen LogP contribution in [-0.4, -0.2) is 12.4 Å². The Morgan fingerprint density at radius 2 is 1.91 bits per heavy atom. The first-order valence-electron chi connectivity index (χ1n) is 4.32. The lowest BCUT2D eigenvalue weighted by Crippen LogP contribution is -3.10. The molecule has 0 fully saturated rings. The molecule has 1 aliphatic rings. The number of rotatable bonds is 2. The molecule has 0 spiro atoms. The van der Waals surface area contributed by atoms with Crippen molar-refractivity contribution in [1.29, 1.82) is 0 Å². The Morgan fingerprint density at radius 1 is 1.27 bits per heavy atom. The fourth-order valence-electron chi connectivity index (χ4n) is 1.66. The molecule has 1 atom stereocenters. The third-order valence-electron chi connectivity index (χ3n) is 2.31. The molecule has 0 saturated carbocycles. The molecule has 1 heterocycles. The molecule has 1 rings (SSSR count). The largest absolute Gasteiger partial charge is 0.260 e. The van der Waals surface area contributed by atoms with Crippen LogP contribution in [0.5, 0.6) is 0 Å². The van der Waals surface area contributed by atoms with Gasteiger partial charge in [-0.1, -0.05) is 6.92 Å². The van der Waals surface area contributed by atoms with Crippen LogP contribution >= 0.6 is 0 Å². The molecule has 1 aliphatic heterocycles. The smallest absolute Gasteiger partial charge is 0.203 e. The Hall–Kier alpha value is -0.630. The Bertz CT molecular complexity index is 214. The number of nitrogens with zero attached hydrogens (tertiary/aromatic N) is 1. The summed E-state index contributed by atoms with van der Waals surface area (Å²) in [4.78, 5) is 5.95. The van der Waals surface area contributed by atoms with Gasteiger partial charge in [-0.05, 0) is 13.3 Å². The van der Waals surface area contributed by atoms with Gasteiger partial charge in [0.15, 0.2) is 0 Å². The summed E-state index contributed by atoms with van der Waals surface area (Å²) in [7, 11) is 0. The molecule has 1 unspecified atom stereocenters. The monoisotopic (exact) mass is 153 g/mol. The summed E-state index contributed by atoms with van der Waals surface area (Å²) in [5.41, 5.74) is 2.69. The van der Waals surface area contributed by atoms with Crippen LogP contribution in [0.3, 0.4) is 0 Å². The number of nitrogens with one attached hydrogen (secondary N) is 1. The number of amidine groups is 1. The standard InChI is InChI=1S/C9H16N2/c1-5-9-7(3)11(6-2)8(4)10-9/h5-6H2,1-4H3/p+1. The highest BCUT2D eigenvalue weighted by Gasteiger charge is 2.23. The molecule has 1 N–H and O–H groups in total. The third-order valence-corrected chi connectivity index (χ3v) is 2.31. The van der Waals surface area contributed by atoms with Crippen LogP contribution < -0.4 is 4.90 Å². The molecule has 2 heteroatoms. The summed E-state index contributed by atoms with van der Waals surface area (Å²) in [6, 6.07) is 0. The zero-order chi connectivity index (χ0) is 8.43. The van der Waals surface area contributed by atoms with Crippen molar-refractivity contribution in [2.45, 2.75) is 34.1 Å². The van der Waals surface area contributed by atoms with Crippen molar-refractivity contribution in [1.82, 2.24) is 0 Å². The maximum atomic E-state index is 4.50. The molecule has 0 aliphatic carbocycles. The van der Waals surface area contributed by atoms with Gasteiger partial charge in [-0.2, -0.15) is 4.99 Å². The van der Waals surface area contributed by atoms with E-state index in [9.17, 15) is 0 Å². The Balaban J connectivity index is 2.86. The predicted molar refractivity (Wildman–Crippen MR) is 47.6 cm³/mol. The topological polar surface area (TPSA) is 16.8 Å². The van der Waals surface area contributed by atoms with Crippen LogP contribution in [0.1, 0.15) is 34.1 Å². The molecule has 0 aromatic heterocycles. The lowest BCUT2D eigenvalue weighted by Gasteiger charge is -2.10. The van der Waals surface area contributed by atoms with Gasteiger partial charge >= 0.3 is 0 Å². The molecule has 0 aromatic rings. The summed E-state index contributed by atoms with van der Waals surface area (Å²) in [5, 5.41) is 0. The molecule has 0 radical (unpaired) electrons. The van der Waals surface area contributed by atoms with Crippen LogP contribution in [0, 0.1) is 0 Å². The van der Waals surface area contributed by atoms with Crippen molar-refractivity contribution >= 4 is 5.84 Å². The summed E-state index contributed by atoms with van der Waals surface area (Å²) < 4.78 is 0. The van der Waals surface area contributed by atoms with Gasteiger partial charge in [-0.3, -0.25) is 4.90 Å². The fourth-order valence-corrected chi connectivity index (χ4v) is 1.66. The maximum absolute atomic E-state index is 4.50. The first-order chi connectivity index (χ1) is 5.20. The Morgan fingerprint density at radius 3 is 2.18 bits per heavy atom. The van der Waals surface area contributed by atoms with E-state index in [-0.39, 0.29) is 0 Å². The van der Waals surface area contributed by atoms with E-state index in [1.54, 1.807) is 0 Å². The summed E-state index contributed by atoms with van der Waals surface area (Å²) in [6.45, 7) is 9.75. The molecule has 11 heavy (non-hydrogen) atoms. The fraction of sp³-hybridized carbons (Fsp3) is 0.667. The number of hydrogen-bond donors (Lipinski definition) is 1. The van der Waals surface area contributed by atoms with Crippen LogP contribution in [0.15, 0.2) is 16.4 Å². The van der Waals surface area contributed by atoms with Crippen molar-refractivity contribution < 1.29 is 4.90 Å². The number of allylic oxidation sites excluding steroid dienone is 2. The third kappa shape index (κ3) is 1.36. The average molecular weight is 153 g/mol. The van der Waals surface area contributed by atoms with Gasteiger partial charge in [0.2, 0.25) is 5.84 Å². The van der Waals surface area contributed by atoms with E-state index in [0.717, 1.165) is 13.0 Å². The van der Waals surface area contributed by atoms with E-state index < -0.39 is 0 Å². The second kappa shape index (κ2) is 3.18. The highest BCUT2D eigenvalue weighted by molar-refractivity contribution is 5.74. The summed E-state index contributed by atoms with van der Waals surface area (Å²) in [5.74, 6) is 1.22. The Kier molecular flexibility index (Phi) is 2.45. The van der Waals surface area contributed by atoms with Gasteiger partial charge in [-0.15, -0.1) is 0 Å². The molecular formula is C9H17N2+. The molecule has 0 amide bonds. The van der Waals surface area contributed by atoms with Crippen molar-refractivity contribution in [3.8, 4) is 0 Å². The molecule has 62 valence electrons. The van der Waals surface area contributed by atoms with E-state index >= 15 is 0 Å². The van der Waals surface area contributed by atoms with Crippen molar-refractivity contribution in [2.75, 3.05) is 6.54 Å². The lowest BCUT2D eigenvalue weighted by atomic mass is 10.3. The zero-order valence-corrected chi connectivity index (χ0v) is 7.86. The normalized spacial score (nSPS) is 24.4. The Labute approximate surface area is 68.6 Å². The minimum absolute atomic E-state index is 1.06. The molecule has 2 nitrogen and oxygen atoms in total. The minimum Gasteiger partial charge on any atom is -0.260 e. The van der Waals surface area contributed by atoms with Gasteiger partial charge in [0.25, 0.3) is 0 Å². The second-order valence-corrected chi connectivity index (χ2v) is 2.95. The first kappa shape index (κ1) is 8.47. The summed E-state index contributed by atoms with van der Waals surface area (Å²) >= 11 is 0. The van der Waals surface area contributed by atoms with E-state index in [1.165, 1.54) is 22.1 Å². The molecule has 0 saturated heterocycles. The van der Waals surface area contributed by atoms with Crippen molar-refractivity contribution in [2.24, 2.45) is 4.99 Å². The second-order valence-electron chi connectivity index (χ2n) is 2.95. The quantitative estimate of drug-likeness (QED) is 0.608. The SMILES string of the molecule is CCC1=C(C)[NH+](CC)C(C)=N1. The van der Waals surface area contributed by atoms with Crippen LogP contribution in [0.25, 0.3) is 0 Å². The predicted octanol–water partition coefficient (Wildman–Crippen LogP) is 0.965. The van der Waals surface area contributed by atoms with E-state index in [0.29, 0.717) is 0 Å². The van der Waals surface area contributed by atoms with E-state index in [2.05, 4.69) is 32.7 Å². The summed E-state index contributed by atoms with van der Waals surface area (Å²) in [6.07, 6.45) is 1.06. The lowest BCUT2D eigenvalue weighted by molar-refractivity contribution is -0.758. The molecule has 0 aromatic carbocycles. The molecule has 0 bridgehead atoms. The maximum Gasteiger partial charge on any atom is 0.203 e. The van der Waals surface area contributed by atoms with Crippen molar-refractivity contribution in [3.05, 3.63) is 11.4 Å². The first-order valence-corrected chi connectivity index (χ1v) is 4.32. The van der Waals surface area contributed by atoms with Gasteiger partial charge in [0.05, 0.1) is 6.54 Å². The van der Waals surface area contributed by atoms with E-state index in [1.807, 2.05) is 0 Å². The zero-order valence-electron chi connectivity index (χ0n) is 7.86. The van der Waals surface area contributed by atoms with Crippen LogP contribution in [0.4, 0.5) is 0 Å². The number of hydrogen-bond acceptors (Lipinski definition) is 1. The van der Waals surface area contributed by atoms with Crippen molar-refractivity contribution in [3.63, 3.8) is 0 Å². The average Bonchev–Trinajstić information content (AvgIpc) is 2.26. The highest BCUT2D eigenvalue weighted by atomic mass is 15.2. The number of quaternary nitrogens is 1. The van der Waals surface area contributed by atoms with Crippen LogP contribution in [-0.2, 0) is 0 Å². The highest BCUT2D eigenvalue weighted by Crippen LogP contribution is 2.09. The van der Waals surface area contributed by atoms with Gasteiger partial charge in [0, 0.05) is 13.8 Å². The van der Waals surface area contributed by atoms with Gasteiger partial charge < -0.3 is 0 Å². The minimum atomic E-state index is 1.06. The van der Waals surface area contributed by atoms with E-state index in [4.69, 9.17) is 0 Å². The van der Waals surface area contributed by atoms with Gasteiger partial charge in [0.1, 0.15) is 11.4 Å².